The third-order valence-electron chi connectivity index (χ3n) is 10.2. The molecule has 0 amide bonds. The van der Waals surface area contributed by atoms with Gasteiger partial charge >= 0.3 is 0 Å². The molecule has 0 fully saturated rings. The van der Waals surface area contributed by atoms with Gasteiger partial charge < -0.3 is 15.5 Å². The van der Waals surface area contributed by atoms with Crippen molar-refractivity contribution in [1.29, 1.82) is 0 Å². The van der Waals surface area contributed by atoms with Gasteiger partial charge in [-0.25, -0.2) is 0 Å². The number of aliphatic hydroxyl groups excluding tert-OH is 1. The normalized spacial score (nSPS) is 11.9. The summed E-state index contributed by atoms with van der Waals surface area (Å²) in [4.78, 5) is 0. The van der Waals surface area contributed by atoms with E-state index in [9.17, 15) is 5.11 Å². The van der Waals surface area contributed by atoms with Crippen molar-refractivity contribution in [3.63, 3.8) is 0 Å². The molecule has 7 rings (SSSR count). The largest absolute Gasteiger partial charge is 0.506 e. The monoisotopic (exact) mass is 759 g/mol. The Morgan fingerprint density at radius 3 is 1.79 bits per heavy atom. The van der Waals surface area contributed by atoms with Crippen LogP contribution in [0.15, 0.2) is 225 Å². The first kappa shape index (κ1) is 42.2. The summed E-state index contributed by atoms with van der Waals surface area (Å²) in [6.07, 6.45) is 10.9. The lowest BCUT2D eigenvalue weighted by atomic mass is 9.68. The van der Waals surface area contributed by atoms with Crippen molar-refractivity contribution in [2.24, 2.45) is 0 Å². The molecule has 0 saturated heterocycles. The molecule has 3 N–H and O–H groups in total. The van der Waals surface area contributed by atoms with Gasteiger partial charge in [-0.2, -0.15) is 0 Å². The fraction of sp³-hybridized carbons (Fsp3) is 0.0909. The maximum atomic E-state index is 11.5. The number of phenols is 1. The SMILES string of the molecule is C=C/C(=C\C=C/C)C(C)(c1ccccc1)c1cc(Nc2ccc(Cc3ccccc3-c3ccccc3C=C)cc2)c(O)cc1-c1ccccc1.CO.c1ccccc1. The lowest BCUT2D eigenvalue weighted by Gasteiger charge is -2.35. The molecule has 0 bridgehead atoms. The molecule has 0 aromatic heterocycles. The van der Waals surface area contributed by atoms with Crippen molar-refractivity contribution in [1.82, 2.24) is 0 Å². The molecule has 0 spiro atoms. The van der Waals surface area contributed by atoms with Gasteiger partial charge in [0.15, 0.2) is 0 Å². The average Bonchev–Trinajstić information content (AvgIpc) is 3.30. The first-order chi connectivity index (χ1) is 28.5. The predicted octanol–water partition coefficient (Wildman–Crippen LogP) is 14.0. The summed E-state index contributed by atoms with van der Waals surface area (Å²) in [6.45, 7) is 12.5. The molecular weight excluding hydrogens is 707 g/mol. The van der Waals surface area contributed by atoms with Crippen LogP contribution >= 0.6 is 0 Å². The molecule has 7 aromatic carbocycles. The first-order valence-corrected chi connectivity index (χ1v) is 19.5. The third kappa shape index (κ3) is 10.3. The number of aromatic hydroxyl groups is 1. The minimum atomic E-state index is -0.584. The van der Waals surface area contributed by atoms with E-state index in [1.165, 1.54) is 22.3 Å². The topological polar surface area (TPSA) is 52.5 Å². The van der Waals surface area contributed by atoms with Gasteiger partial charge in [-0.1, -0.05) is 201 Å². The molecule has 0 heterocycles. The minimum Gasteiger partial charge on any atom is -0.506 e. The van der Waals surface area contributed by atoms with E-state index in [0.29, 0.717) is 5.69 Å². The van der Waals surface area contributed by atoms with Crippen LogP contribution in [0.2, 0.25) is 0 Å². The van der Waals surface area contributed by atoms with Crippen LogP contribution in [0.4, 0.5) is 11.4 Å². The van der Waals surface area contributed by atoms with Crippen LogP contribution < -0.4 is 5.32 Å². The van der Waals surface area contributed by atoms with E-state index < -0.39 is 5.41 Å². The fourth-order valence-electron chi connectivity index (χ4n) is 7.17. The van der Waals surface area contributed by atoms with Crippen LogP contribution in [-0.2, 0) is 11.8 Å². The Bertz CT molecular complexity index is 2390. The number of hydrogen-bond donors (Lipinski definition) is 3. The van der Waals surface area contributed by atoms with Gasteiger partial charge in [0.05, 0.1) is 5.69 Å². The highest BCUT2D eigenvalue weighted by Gasteiger charge is 2.35. The fourth-order valence-corrected chi connectivity index (χ4v) is 7.17. The lowest BCUT2D eigenvalue weighted by Crippen LogP contribution is -2.27. The van der Waals surface area contributed by atoms with Crippen molar-refractivity contribution in [3.8, 4) is 28.0 Å². The Morgan fingerprint density at radius 2 is 1.19 bits per heavy atom. The second-order valence-corrected chi connectivity index (χ2v) is 13.7. The van der Waals surface area contributed by atoms with Crippen molar-refractivity contribution < 1.29 is 10.2 Å². The van der Waals surface area contributed by atoms with Crippen molar-refractivity contribution in [2.45, 2.75) is 25.7 Å². The smallest absolute Gasteiger partial charge is 0.139 e. The van der Waals surface area contributed by atoms with E-state index in [0.717, 1.165) is 52.6 Å². The molecule has 1 unspecified atom stereocenters. The summed E-state index contributed by atoms with van der Waals surface area (Å²) < 4.78 is 0. The number of phenolic OH excluding ortho intramolecular Hbond substituents is 1. The molecule has 3 nitrogen and oxygen atoms in total. The molecule has 58 heavy (non-hydrogen) atoms. The zero-order valence-electron chi connectivity index (χ0n) is 33.7. The van der Waals surface area contributed by atoms with Gasteiger partial charge in [-0.15, -0.1) is 0 Å². The summed E-state index contributed by atoms with van der Waals surface area (Å²) in [5.41, 5.74) is 12.1. The van der Waals surface area contributed by atoms with Gasteiger partial charge in [-0.3, -0.25) is 0 Å². The van der Waals surface area contributed by atoms with Gasteiger partial charge in [0, 0.05) is 18.2 Å². The zero-order valence-corrected chi connectivity index (χ0v) is 33.7. The number of aliphatic hydroxyl groups is 1. The molecule has 0 radical (unpaired) electrons. The summed E-state index contributed by atoms with van der Waals surface area (Å²) in [5, 5.41) is 22.1. The quantitative estimate of drug-likeness (QED) is 0.0859. The summed E-state index contributed by atoms with van der Waals surface area (Å²) in [5.74, 6) is 0.180. The molecule has 290 valence electrons. The molecule has 0 aliphatic heterocycles. The van der Waals surface area contributed by atoms with Crippen LogP contribution in [0.3, 0.4) is 0 Å². The molecule has 3 heteroatoms. The standard InChI is InChI=1S/C48H43NO.C6H6.CH4O/c1-5-8-23-39(7-3)48(4,40-24-13-10-14-25-40)45-34-46(47(50)33-44(45)37-20-11-9-12-21-37)49-41-30-28-35(29-31-41)32-38-22-16-18-27-43(38)42-26-17-15-19-36(42)6-2;1-2-4-6-5-3-1;1-2/h5-31,33-34,49-50H,2-3,32H2,1,4H3;1-6H;2H,1H3/b8-5-,39-23+;;. The Balaban J connectivity index is 0.000000724. The maximum Gasteiger partial charge on any atom is 0.139 e. The minimum absolute atomic E-state index is 0.180. The van der Waals surface area contributed by atoms with Gasteiger partial charge in [0.25, 0.3) is 0 Å². The molecule has 0 aliphatic carbocycles. The Labute approximate surface area is 345 Å². The number of nitrogens with one attached hydrogen (secondary N) is 1. The van der Waals surface area contributed by atoms with E-state index in [2.05, 4.69) is 147 Å². The second kappa shape index (κ2) is 21.4. The number of rotatable bonds is 12. The molecule has 0 aliphatic rings. The van der Waals surface area contributed by atoms with Crippen molar-refractivity contribution in [3.05, 3.63) is 253 Å². The summed E-state index contributed by atoms with van der Waals surface area (Å²) in [7, 11) is 1.00. The lowest BCUT2D eigenvalue weighted by molar-refractivity contribution is 0.399. The number of hydrogen-bond acceptors (Lipinski definition) is 3. The van der Waals surface area contributed by atoms with Crippen molar-refractivity contribution >= 4 is 17.5 Å². The zero-order chi connectivity index (χ0) is 41.2. The van der Waals surface area contributed by atoms with Gasteiger partial charge in [0.1, 0.15) is 5.75 Å². The predicted molar refractivity (Wildman–Crippen MR) is 249 cm³/mol. The van der Waals surface area contributed by atoms with E-state index in [-0.39, 0.29) is 5.75 Å². The van der Waals surface area contributed by atoms with E-state index in [1.54, 1.807) is 0 Å². The van der Waals surface area contributed by atoms with E-state index in [1.807, 2.05) is 97.9 Å². The third-order valence-corrected chi connectivity index (χ3v) is 10.2. The Hall–Kier alpha value is -6.94. The summed E-state index contributed by atoms with van der Waals surface area (Å²) >= 11 is 0. The van der Waals surface area contributed by atoms with Gasteiger partial charge in [0.2, 0.25) is 0 Å². The maximum absolute atomic E-state index is 11.5. The Kier molecular flexibility index (Phi) is 15.6. The molecule has 7 aromatic rings. The molecule has 1 atom stereocenters. The van der Waals surface area contributed by atoms with Crippen LogP contribution in [-0.4, -0.2) is 17.3 Å². The van der Waals surface area contributed by atoms with Crippen LogP contribution in [0.5, 0.6) is 5.75 Å². The average molecular weight is 760 g/mol. The molecular formula is C55H53NO2. The number of benzene rings is 7. The van der Waals surface area contributed by atoms with E-state index >= 15 is 0 Å². The molecule has 0 saturated carbocycles. The first-order valence-electron chi connectivity index (χ1n) is 19.5. The van der Waals surface area contributed by atoms with Crippen molar-refractivity contribution in [2.75, 3.05) is 12.4 Å². The highest BCUT2D eigenvalue weighted by molar-refractivity contribution is 5.80. The van der Waals surface area contributed by atoms with Crippen LogP contribution in [0.25, 0.3) is 28.3 Å². The number of allylic oxidation sites excluding steroid dienone is 5. The highest BCUT2D eigenvalue weighted by atomic mass is 16.3. The second-order valence-electron chi connectivity index (χ2n) is 13.7. The highest BCUT2D eigenvalue weighted by Crippen LogP contribution is 2.47. The van der Waals surface area contributed by atoms with Crippen LogP contribution in [0.1, 0.15) is 41.7 Å². The van der Waals surface area contributed by atoms with E-state index in [4.69, 9.17) is 5.11 Å². The number of anilines is 2. The Morgan fingerprint density at radius 1 is 0.638 bits per heavy atom. The van der Waals surface area contributed by atoms with Crippen LogP contribution in [0, 0.1) is 0 Å². The summed E-state index contributed by atoms with van der Waals surface area (Å²) in [6, 6.07) is 62.2. The van der Waals surface area contributed by atoms with Gasteiger partial charge in [-0.05, 0) is 100 Å².